The molecule has 178 valence electrons. The standard InChI is InChI=1S/C25H28FN5O3/c1-29-22-12-20(6-5-18(22)13-28-29)31(14-19-4-3-17(11-21(19)26)23(32)34-2)24(33)30-9-7-25(8-10-30)15-27-16-25/h3-6,11-13,27H,7-10,14-16H2,1-2H3. The van der Waals surface area contributed by atoms with E-state index in [1.165, 1.54) is 19.2 Å². The molecule has 0 atom stereocenters. The van der Waals surface area contributed by atoms with Gasteiger partial charge in [-0.1, -0.05) is 6.07 Å². The Morgan fingerprint density at radius 2 is 1.94 bits per heavy atom. The largest absolute Gasteiger partial charge is 0.465 e. The minimum Gasteiger partial charge on any atom is -0.465 e. The lowest BCUT2D eigenvalue weighted by molar-refractivity contribution is 0.0600. The number of nitrogens with zero attached hydrogens (tertiary/aromatic N) is 4. The number of aromatic nitrogens is 2. The fourth-order valence-corrected chi connectivity index (χ4v) is 4.84. The summed E-state index contributed by atoms with van der Waals surface area (Å²) in [6, 6.07) is 9.75. The second-order valence-corrected chi connectivity index (χ2v) is 9.27. The fraction of sp³-hybridized carbons (Fsp3) is 0.400. The molecule has 2 aromatic carbocycles. The van der Waals surface area contributed by atoms with Crippen molar-refractivity contribution in [3.05, 3.63) is 59.5 Å². The molecule has 0 radical (unpaired) electrons. The zero-order valence-corrected chi connectivity index (χ0v) is 19.4. The number of hydrogen-bond donors (Lipinski definition) is 1. The highest BCUT2D eigenvalue weighted by Crippen LogP contribution is 2.36. The Balaban J connectivity index is 1.46. The van der Waals surface area contributed by atoms with Crippen molar-refractivity contribution in [2.24, 2.45) is 12.5 Å². The number of carbonyl (C=O) groups excluding carboxylic acids is 2. The van der Waals surface area contributed by atoms with Crippen LogP contribution in [0.15, 0.2) is 42.6 Å². The molecule has 0 bridgehead atoms. The van der Waals surface area contributed by atoms with Crippen molar-refractivity contribution in [2.75, 3.05) is 38.2 Å². The predicted octanol–water partition coefficient (Wildman–Crippen LogP) is 3.31. The van der Waals surface area contributed by atoms with Crippen molar-refractivity contribution in [1.82, 2.24) is 20.0 Å². The van der Waals surface area contributed by atoms with E-state index in [0.29, 0.717) is 29.8 Å². The smallest absolute Gasteiger partial charge is 0.337 e. The second kappa shape index (κ2) is 8.72. The van der Waals surface area contributed by atoms with E-state index in [1.54, 1.807) is 15.8 Å². The molecule has 9 heteroatoms. The summed E-state index contributed by atoms with van der Waals surface area (Å²) >= 11 is 0. The van der Waals surface area contributed by atoms with Gasteiger partial charge in [0, 0.05) is 49.9 Å². The molecule has 2 saturated heterocycles. The van der Waals surface area contributed by atoms with E-state index < -0.39 is 11.8 Å². The van der Waals surface area contributed by atoms with E-state index in [9.17, 15) is 14.0 Å². The first-order chi connectivity index (χ1) is 16.4. The van der Waals surface area contributed by atoms with Gasteiger partial charge >= 0.3 is 12.0 Å². The van der Waals surface area contributed by atoms with Gasteiger partial charge in [0.1, 0.15) is 5.82 Å². The van der Waals surface area contributed by atoms with Crippen LogP contribution in [0.3, 0.4) is 0 Å². The van der Waals surface area contributed by atoms with Gasteiger partial charge in [-0.05, 0) is 48.6 Å². The first kappa shape index (κ1) is 22.3. The monoisotopic (exact) mass is 465 g/mol. The number of likely N-dealkylation sites (tertiary alicyclic amines) is 1. The predicted molar refractivity (Wildman–Crippen MR) is 126 cm³/mol. The molecule has 0 aliphatic carbocycles. The molecule has 1 spiro atoms. The molecule has 2 aliphatic heterocycles. The average molecular weight is 466 g/mol. The zero-order valence-electron chi connectivity index (χ0n) is 19.4. The van der Waals surface area contributed by atoms with E-state index in [1.807, 2.05) is 30.1 Å². The quantitative estimate of drug-likeness (QED) is 0.598. The first-order valence-electron chi connectivity index (χ1n) is 11.4. The summed E-state index contributed by atoms with van der Waals surface area (Å²) in [7, 11) is 3.10. The molecule has 8 nitrogen and oxygen atoms in total. The highest BCUT2D eigenvalue weighted by Gasteiger charge is 2.41. The van der Waals surface area contributed by atoms with Gasteiger partial charge < -0.3 is 15.0 Å². The van der Waals surface area contributed by atoms with Crippen LogP contribution in [0.5, 0.6) is 0 Å². The van der Waals surface area contributed by atoms with Crippen LogP contribution in [0.4, 0.5) is 14.9 Å². The van der Waals surface area contributed by atoms with E-state index in [4.69, 9.17) is 0 Å². The van der Waals surface area contributed by atoms with Gasteiger partial charge in [0.15, 0.2) is 0 Å². The maximum atomic E-state index is 15.0. The summed E-state index contributed by atoms with van der Waals surface area (Å²) in [5, 5.41) is 8.59. The number of nitrogens with one attached hydrogen (secondary N) is 1. The number of halogens is 1. The van der Waals surface area contributed by atoms with Crippen molar-refractivity contribution < 1.29 is 18.7 Å². The minimum absolute atomic E-state index is 0.0404. The summed E-state index contributed by atoms with van der Waals surface area (Å²) in [6.45, 7) is 3.41. The lowest BCUT2D eigenvalue weighted by Gasteiger charge is -2.48. The maximum Gasteiger partial charge on any atom is 0.337 e. The van der Waals surface area contributed by atoms with Gasteiger partial charge in [-0.25, -0.2) is 14.0 Å². The van der Waals surface area contributed by atoms with E-state index in [0.717, 1.165) is 42.9 Å². The van der Waals surface area contributed by atoms with Crippen LogP contribution < -0.4 is 10.2 Å². The Kier molecular flexibility index (Phi) is 5.73. The SMILES string of the molecule is COC(=O)c1ccc(CN(C(=O)N2CCC3(CC2)CNC3)c2ccc3cnn(C)c3c2)c(F)c1. The number of anilines is 1. The molecule has 5 rings (SSSR count). The topological polar surface area (TPSA) is 79.7 Å². The molecular weight excluding hydrogens is 437 g/mol. The molecule has 3 aromatic rings. The van der Waals surface area contributed by atoms with Gasteiger partial charge in [-0.15, -0.1) is 0 Å². The van der Waals surface area contributed by atoms with Gasteiger partial charge in [0.05, 0.1) is 30.9 Å². The van der Waals surface area contributed by atoms with E-state index in [-0.39, 0.29) is 18.1 Å². The molecular formula is C25H28FN5O3. The summed E-state index contributed by atoms with van der Waals surface area (Å²) in [5.74, 6) is -1.16. The fourth-order valence-electron chi connectivity index (χ4n) is 4.84. The van der Waals surface area contributed by atoms with Gasteiger partial charge in [0.25, 0.3) is 0 Å². The Bertz CT molecular complexity index is 1240. The summed E-state index contributed by atoms with van der Waals surface area (Å²) in [5.41, 5.74) is 2.32. The molecule has 2 fully saturated rings. The zero-order chi connectivity index (χ0) is 23.9. The van der Waals surface area contributed by atoms with Crippen molar-refractivity contribution >= 4 is 28.6 Å². The average Bonchev–Trinajstić information content (AvgIpc) is 3.21. The van der Waals surface area contributed by atoms with Crippen molar-refractivity contribution in [1.29, 1.82) is 0 Å². The molecule has 0 unspecified atom stereocenters. The number of urea groups is 1. The number of methoxy groups -OCH3 is 1. The second-order valence-electron chi connectivity index (χ2n) is 9.27. The van der Waals surface area contributed by atoms with Crippen molar-refractivity contribution in [2.45, 2.75) is 19.4 Å². The van der Waals surface area contributed by atoms with Crippen LogP contribution in [-0.2, 0) is 18.3 Å². The first-order valence-corrected chi connectivity index (χ1v) is 11.4. The number of hydrogen-bond acceptors (Lipinski definition) is 5. The highest BCUT2D eigenvalue weighted by molar-refractivity contribution is 5.95. The third kappa shape index (κ3) is 4.00. The van der Waals surface area contributed by atoms with Crippen LogP contribution >= 0.6 is 0 Å². The van der Waals surface area contributed by atoms with E-state index in [2.05, 4.69) is 15.2 Å². The summed E-state index contributed by atoms with van der Waals surface area (Å²) in [6.07, 6.45) is 3.69. The Morgan fingerprint density at radius 3 is 2.59 bits per heavy atom. The number of esters is 1. The number of benzene rings is 2. The van der Waals surface area contributed by atoms with Gasteiger partial charge in [-0.2, -0.15) is 5.10 Å². The van der Waals surface area contributed by atoms with Crippen molar-refractivity contribution in [3.63, 3.8) is 0 Å². The number of aryl methyl sites for hydroxylation is 1. The number of carbonyl (C=O) groups is 2. The number of piperidine rings is 1. The third-order valence-corrected chi connectivity index (χ3v) is 7.17. The lowest BCUT2D eigenvalue weighted by atomic mass is 9.73. The van der Waals surface area contributed by atoms with Gasteiger partial charge in [0.2, 0.25) is 0 Å². The normalized spacial score (nSPS) is 17.0. The van der Waals surface area contributed by atoms with Gasteiger partial charge in [-0.3, -0.25) is 9.58 Å². The number of rotatable bonds is 4. The van der Waals surface area contributed by atoms with Crippen LogP contribution in [0, 0.1) is 11.2 Å². The summed E-state index contributed by atoms with van der Waals surface area (Å²) < 4.78 is 21.4. The lowest BCUT2D eigenvalue weighted by Crippen LogP contribution is -2.59. The Labute approximate surface area is 197 Å². The molecule has 3 heterocycles. The third-order valence-electron chi connectivity index (χ3n) is 7.17. The Hall–Kier alpha value is -3.46. The molecule has 1 aromatic heterocycles. The van der Waals surface area contributed by atoms with E-state index >= 15 is 0 Å². The summed E-state index contributed by atoms with van der Waals surface area (Å²) in [4.78, 5) is 29.0. The minimum atomic E-state index is -0.604. The van der Waals surface area contributed by atoms with Crippen LogP contribution in [0.25, 0.3) is 10.9 Å². The number of amides is 2. The number of fused-ring (bicyclic) bond motifs is 1. The van der Waals surface area contributed by atoms with Crippen molar-refractivity contribution in [3.8, 4) is 0 Å². The van der Waals surface area contributed by atoms with Crippen LogP contribution in [0.1, 0.15) is 28.8 Å². The molecule has 2 aliphatic rings. The van der Waals surface area contributed by atoms with Crippen LogP contribution in [-0.4, -0.2) is 60.0 Å². The van der Waals surface area contributed by atoms with Crippen LogP contribution in [0.2, 0.25) is 0 Å². The maximum absolute atomic E-state index is 15.0. The molecule has 2 amide bonds. The molecule has 0 saturated carbocycles. The highest BCUT2D eigenvalue weighted by atomic mass is 19.1. The molecule has 1 N–H and O–H groups in total. The Morgan fingerprint density at radius 1 is 1.18 bits per heavy atom. The number of ether oxygens (including phenoxy) is 1. The molecule has 34 heavy (non-hydrogen) atoms.